The highest BCUT2D eigenvalue weighted by Gasteiger charge is 2.23. The van der Waals surface area contributed by atoms with Gasteiger partial charge in [-0.05, 0) is 52.9 Å². The van der Waals surface area contributed by atoms with Crippen LogP contribution in [0.1, 0.15) is 36.9 Å². The van der Waals surface area contributed by atoms with E-state index in [0.29, 0.717) is 11.9 Å². The van der Waals surface area contributed by atoms with Crippen molar-refractivity contribution in [2.45, 2.75) is 38.4 Å². The Bertz CT molecular complexity index is 1100. The molecule has 2 saturated heterocycles. The monoisotopic (exact) mass is 431 g/mol. The number of hydrogen-bond acceptors (Lipinski definition) is 6. The van der Waals surface area contributed by atoms with Crippen LogP contribution in [0.3, 0.4) is 0 Å². The van der Waals surface area contributed by atoms with Crippen LogP contribution in [0.2, 0.25) is 0 Å². The smallest absolute Gasteiger partial charge is 0.219 e. The normalized spacial score (nSPS) is 21.2. The molecule has 3 heterocycles. The van der Waals surface area contributed by atoms with Gasteiger partial charge in [-0.25, -0.2) is 4.98 Å². The number of pyridine rings is 1. The molecule has 0 bridgehead atoms. The molecule has 0 saturated carbocycles. The quantitative estimate of drug-likeness (QED) is 0.556. The van der Waals surface area contributed by atoms with Crippen LogP contribution in [0.5, 0.6) is 11.6 Å². The molecule has 0 radical (unpaired) electrons. The van der Waals surface area contributed by atoms with Crippen LogP contribution in [0.25, 0.3) is 10.8 Å². The predicted octanol–water partition coefficient (Wildman–Crippen LogP) is 3.28. The van der Waals surface area contributed by atoms with Crippen LogP contribution in [0, 0.1) is 0 Å². The Labute approximate surface area is 188 Å². The summed E-state index contributed by atoms with van der Waals surface area (Å²) >= 11 is 0. The first-order valence-corrected chi connectivity index (χ1v) is 11.3. The minimum atomic E-state index is 0.0508. The molecule has 0 spiro atoms. The second-order valence-corrected chi connectivity index (χ2v) is 8.71. The Hall–Kier alpha value is -3.00. The molecule has 0 aliphatic carbocycles. The first-order valence-electron chi connectivity index (χ1n) is 11.3. The average molecular weight is 432 g/mol. The van der Waals surface area contributed by atoms with Crippen molar-refractivity contribution in [3.63, 3.8) is 0 Å². The molecule has 1 unspecified atom stereocenters. The van der Waals surface area contributed by atoms with Crippen molar-refractivity contribution in [3.05, 3.63) is 65.9 Å². The number of likely N-dealkylation sites (tertiary alicyclic amines) is 1. The third-order valence-electron chi connectivity index (χ3n) is 6.18. The number of aromatic nitrogens is 1. The van der Waals surface area contributed by atoms with Crippen LogP contribution in [0.15, 0.2) is 54.7 Å². The number of hydrazine groups is 1. The predicted molar refractivity (Wildman–Crippen MR) is 124 cm³/mol. The number of nitrogens with one attached hydrogen (secondary N) is 3. The third kappa shape index (κ3) is 4.91. The minimum absolute atomic E-state index is 0.0508. The lowest BCUT2D eigenvalue weighted by atomic mass is 10.1. The Kier molecular flexibility index (Phi) is 6.03. The van der Waals surface area contributed by atoms with E-state index in [9.17, 15) is 4.79 Å². The van der Waals surface area contributed by atoms with Crippen LogP contribution in [-0.2, 0) is 11.3 Å². The zero-order valence-electron chi connectivity index (χ0n) is 18.3. The molecule has 2 fully saturated rings. The van der Waals surface area contributed by atoms with Gasteiger partial charge in [0, 0.05) is 57.4 Å². The molecular formula is C25H29N5O2. The number of amides is 1. The van der Waals surface area contributed by atoms with Crippen LogP contribution in [0.4, 0.5) is 0 Å². The number of carbonyl (C=O) groups excluding carboxylic acids is 1. The number of benzene rings is 2. The Morgan fingerprint density at radius 2 is 2.03 bits per heavy atom. The van der Waals surface area contributed by atoms with Crippen molar-refractivity contribution in [1.82, 2.24) is 26.1 Å². The fourth-order valence-corrected chi connectivity index (χ4v) is 4.59. The van der Waals surface area contributed by atoms with Gasteiger partial charge in [-0.15, -0.1) is 0 Å². The van der Waals surface area contributed by atoms with E-state index in [1.807, 2.05) is 18.3 Å². The van der Waals surface area contributed by atoms with Gasteiger partial charge in [0.2, 0.25) is 11.8 Å². The molecule has 7 heteroatoms. The molecule has 1 aromatic heterocycles. The van der Waals surface area contributed by atoms with Gasteiger partial charge in [0.15, 0.2) is 0 Å². The van der Waals surface area contributed by atoms with E-state index in [-0.39, 0.29) is 11.9 Å². The summed E-state index contributed by atoms with van der Waals surface area (Å²) in [5.74, 6) is 1.43. The second kappa shape index (κ2) is 9.24. The number of carbonyl (C=O) groups is 1. The first-order chi connectivity index (χ1) is 15.6. The maximum atomic E-state index is 11.3. The summed E-state index contributed by atoms with van der Waals surface area (Å²) in [7, 11) is 0. The Morgan fingerprint density at radius 1 is 1.16 bits per heavy atom. The highest BCUT2D eigenvalue weighted by molar-refractivity contribution is 5.84. The average Bonchev–Trinajstić information content (AvgIpc) is 3.47. The van der Waals surface area contributed by atoms with E-state index in [1.165, 1.54) is 10.9 Å². The highest BCUT2D eigenvalue weighted by Crippen LogP contribution is 2.27. The Morgan fingerprint density at radius 3 is 2.81 bits per heavy atom. The summed E-state index contributed by atoms with van der Waals surface area (Å²) in [6, 6.07) is 17.3. The number of hydrogen-bond donors (Lipinski definition) is 3. The lowest BCUT2D eigenvalue weighted by Gasteiger charge is -2.17. The number of nitrogens with zero attached hydrogens (tertiary/aromatic N) is 2. The van der Waals surface area contributed by atoms with Gasteiger partial charge in [0.05, 0.1) is 0 Å². The van der Waals surface area contributed by atoms with Gasteiger partial charge in [0.1, 0.15) is 5.75 Å². The second-order valence-electron chi connectivity index (χ2n) is 8.71. The SMILES string of the molecule is CC(=O)N[C@H]1CCN(Cc2ccc3cc(Oc4ccc(C5CCNN5)cn4)ccc3c2)C1. The summed E-state index contributed by atoms with van der Waals surface area (Å²) in [5.41, 5.74) is 8.84. The van der Waals surface area contributed by atoms with Gasteiger partial charge < -0.3 is 10.1 Å². The molecule has 166 valence electrons. The fourth-order valence-electron chi connectivity index (χ4n) is 4.59. The number of fused-ring (bicyclic) bond motifs is 1. The lowest BCUT2D eigenvalue weighted by Crippen LogP contribution is -2.35. The summed E-state index contributed by atoms with van der Waals surface area (Å²) in [4.78, 5) is 18.1. The molecule has 5 rings (SSSR count). The van der Waals surface area contributed by atoms with Gasteiger partial charge >= 0.3 is 0 Å². The first kappa shape index (κ1) is 20.9. The molecule has 3 N–H and O–H groups in total. The summed E-state index contributed by atoms with van der Waals surface area (Å²) in [6.07, 6.45) is 3.95. The summed E-state index contributed by atoms with van der Waals surface area (Å²) in [5, 5.41) is 5.36. The van der Waals surface area contributed by atoms with Crippen LogP contribution < -0.4 is 20.9 Å². The van der Waals surface area contributed by atoms with Crippen LogP contribution >= 0.6 is 0 Å². The van der Waals surface area contributed by atoms with E-state index in [2.05, 4.69) is 62.5 Å². The van der Waals surface area contributed by atoms with Gasteiger partial charge in [-0.2, -0.15) is 0 Å². The van der Waals surface area contributed by atoms with Crippen molar-refractivity contribution in [2.75, 3.05) is 19.6 Å². The largest absolute Gasteiger partial charge is 0.439 e. The standard InChI is InChI=1S/C25H29N5O2/c1-17(31)28-22-9-11-30(16-22)15-18-2-3-20-13-23(6-4-19(20)12-18)32-25-7-5-21(14-26-25)24-8-10-27-29-24/h2-7,12-14,22,24,27,29H,8-11,15-16H2,1H3,(H,28,31)/t22-,24?/m0/s1. The van der Waals surface area contributed by atoms with E-state index >= 15 is 0 Å². The highest BCUT2D eigenvalue weighted by atomic mass is 16.5. The van der Waals surface area contributed by atoms with Crippen molar-refractivity contribution in [1.29, 1.82) is 0 Å². The maximum absolute atomic E-state index is 11.3. The van der Waals surface area contributed by atoms with Crippen molar-refractivity contribution >= 4 is 16.7 Å². The zero-order valence-corrected chi connectivity index (χ0v) is 18.3. The van der Waals surface area contributed by atoms with Gasteiger partial charge in [-0.1, -0.05) is 24.3 Å². The van der Waals surface area contributed by atoms with Crippen molar-refractivity contribution in [2.24, 2.45) is 0 Å². The Balaban J connectivity index is 1.22. The molecule has 2 aliphatic rings. The molecule has 1 amide bonds. The molecule has 3 aromatic rings. The van der Waals surface area contributed by atoms with E-state index in [1.54, 1.807) is 6.92 Å². The van der Waals surface area contributed by atoms with Crippen molar-refractivity contribution in [3.8, 4) is 11.6 Å². The van der Waals surface area contributed by atoms with E-state index in [4.69, 9.17) is 4.74 Å². The topological polar surface area (TPSA) is 78.5 Å². The zero-order chi connectivity index (χ0) is 21.9. The molecular weight excluding hydrogens is 402 g/mol. The molecule has 7 nitrogen and oxygen atoms in total. The molecule has 2 aliphatic heterocycles. The number of ether oxygens (including phenoxy) is 1. The van der Waals surface area contributed by atoms with Gasteiger partial charge in [0.25, 0.3) is 0 Å². The third-order valence-corrected chi connectivity index (χ3v) is 6.18. The lowest BCUT2D eigenvalue weighted by molar-refractivity contribution is -0.119. The van der Waals surface area contributed by atoms with Crippen molar-refractivity contribution < 1.29 is 9.53 Å². The van der Waals surface area contributed by atoms with Gasteiger partial charge in [-0.3, -0.25) is 20.5 Å². The molecule has 32 heavy (non-hydrogen) atoms. The molecule has 2 aromatic carbocycles. The van der Waals surface area contributed by atoms with Crippen LogP contribution in [-0.4, -0.2) is 41.5 Å². The fraction of sp³-hybridized carbons (Fsp3) is 0.360. The van der Waals surface area contributed by atoms with E-state index in [0.717, 1.165) is 55.7 Å². The number of rotatable bonds is 6. The van der Waals surface area contributed by atoms with E-state index < -0.39 is 0 Å². The molecule has 2 atom stereocenters. The summed E-state index contributed by atoms with van der Waals surface area (Å²) < 4.78 is 6.00. The minimum Gasteiger partial charge on any atom is -0.439 e. The maximum Gasteiger partial charge on any atom is 0.219 e. The summed E-state index contributed by atoms with van der Waals surface area (Å²) in [6.45, 7) is 5.36.